The molecule has 1 saturated heterocycles. The number of aromatic nitrogens is 3. The Hall–Kier alpha value is -2.89. The van der Waals surface area contributed by atoms with Crippen LogP contribution in [0.2, 0.25) is 0 Å². The van der Waals surface area contributed by atoms with Gasteiger partial charge >= 0.3 is 0 Å². The number of rotatable bonds is 5. The van der Waals surface area contributed by atoms with Gasteiger partial charge in [-0.15, -0.1) is 0 Å². The Morgan fingerprint density at radius 2 is 1.96 bits per heavy atom. The fourth-order valence-corrected chi connectivity index (χ4v) is 3.45. The molecule has 0 atom stereocenters. The first-order valence-corrected chi connectivity index (χ1v) is 9.21. The summed E-state index contributed by atoms with van der Waals surface area (Å²) in [5, 5.41) is 4.53. The van der Waals surface area contributed by atoms with E-state index >= 15 is 0 Å². The van der Waals surface area contributed by atoms with Crippen molar-refractivity contribution in [2.75, 3.05) is 25.0 Å². The molecule has 134 valence electrons. The van der Waals surface area contributed by atoms with Crippen molar-refractivity contribution < 1.29 is 4.79 Å². The average Bonchev–Trinajstić information content (AvgIpc) is 3.12. The zero-order valence-corrected chi connectivity index (χ0v) is 14.7. The van der Waals surface area contributed by atoms with Gasteiger partial charge in [0, 0.05) is 36.7 Å². The minimum absolute atomic E-state index is 0.0115. The smallest absolute Gasteiger partial charge is 0.274 e. The molecule has 1 aliphatic rings. The summed E-state index contributed by atoms with van der Waals surface area (Å²) in [6.07, 6.45) is 9.52. The fraction of sp³-hybridized carbons (Fsp3) is 0.350. The van der Waals surface area contributed by atoms with Gasteiger partial charge in [-0.1, -0.05) is 18.2 Å². The highest BCUT2D eigenvalue weighted by Gasteiger charge is 2.19. The van der Waals surface area contributed by atoms with Crippen LogP contribution in [0.5, 0.6) is 0 Å². The van der Waals surface area contributed by atoms with E-state index in [0.29, 0.717) is 11.5 Å². The number of fused-ring (bicyclic) bond motifs is 1. The number of hydrogen-bond acceptors (Lipinski definition) is 4. The van der Waals surface area contributed by atoms with Gasteiger partial charge in [0.1, 0.15) is 11.5 Å². The minimum atomic E-state index is -0.0115. The fourth-order valence-electron chi connectivity index (χ4n) is 3.45. The van der Waals surface area contributed by atoms with Crippen LogP contribution in [0.1, 0.15) is 35.3 Å². The molecule has 0 bridgehead atoms. The summed E-state index contributed by atoms with van der Waals surface area (Å²) in [5.41, 5.74) is 2.86. The number of nitrogens with zero attached hydrogens (tertiary/aromatic N) is 3. The molecule has 1 amide bonds. The molecular formula is C20H23N5O. The molecule has 0 radical (unpaired) electrons. The van der Waals surface area contributed by atoms with Crippen molar-refractivity contribution in [2.45, 2.75) is 25.7 Å². The third-order valence-corrected chi connectivity index (χ3v) is 4.89. The van der Waals surface area contributed by atoms with Crippen LogP contribution in [-0.4, -0.2) is 45.4 Å². The lowest BCUT2D eigenvalue weighted by Crippen LogP contribution is -2.36. The Morgan fingerprint density at radius 1 is 1.12 bits per heavy atom. The molecule has 0 saturated carbocycles. The van der Waals surface area contributed by atoms with E-state index in [9.17, 15) is 4.79 Å². The van der Waals surface area contributed by atoms with Gasteiger partial charge in [-0.2, -0.15) is 0 Å². The maximum atomic E-state index is 12.4. The third-order valence-electron chi connectivity index (χ3n) is 4.89. The Kier molecular flexibility index (Phi) is 4.82. The third kappa shape index (κ3) is 3.54. The van der Waals surface area contributed by atoms with Crippen LogP contribution in [0.3, 0.4) is 0 Å². The number of benzene rings is 1. The number of carbonyl (C=O) groups excluding carboxylic acids is 1. The average molecular weight is 349 g/mol. The molecule has 2 N–H and O–H groups in total. The van der Waals surface area contributed by atoms with Gasteiger partial charge in [0.2, 0.25) is 0 Å². The molecule has 2 aromatic heterocycles. The largest absolute Gasteiger partial charge is 0.368 e. The maximum absolute atomic E-state index is 12.4. The number of H-pyrrole nitrogens is 1. The van der Waals surface area contributed by atoms with E-state index < -0.39 is 0 Å². The summed E-state index contributed by atoms with van der Waals surface area (Å²) in [5.74, 6) is 0.683. The van der Waals surface area contributed by atoms with Gasteiger partial charge in [-0.3, -0.25) is 4.79 Å². The zero-order valence-electron chi connectivity index (χ0n) is 14.7. The van der Waals surface area contributed by atoms with Gasteiger partial charge in [0.25, 0.3) is 5.91 Å². The summed E-state index contributed by atoms with van der Waals surface area (Å²) in [7, 11) is 0. The van der Waals surface area contributed by atoms with Crippen molar-refractivity contribution in [1.82, 2.24) is 19.9 Å². The molecule has 0 spiro atoms. The van der Waals surface area contributed by atoms with E-state index in [1.165, 1.54) is 17.4 Å². The van der Waals surface area contributed by atoms with E-state index in [0.717, 1.165) is 44.4 Å². The number of anilines is 1. The second kappa shape index (κ2) is 7.56. The molecular weight excluding hydrogens is 326 g/mol. The molecule has 1 fully saturated rings. The molecule has 0 aliphatic carbocycles. The first-order valence-electron chi connectivity index (χ1n) is 9.21. The number of nitrogens with one attached hydrogen (secondary N) is 2. The van der Waals surface area contributed by atoms with Crippen molar-refractivity contribution in [2.24, 2.45) is 0 Å². The molecule has 6 nitrogen and oxygen atoms in total. The van der Waals surface area contributed by atoms with E-state index in [2.05, 4.69) is 44.7 Å². The number of piperidine rings is 1. The van der Waals surface area contributed by atoms with Crippen LogP contribution in [0.15, 0.2) is 42.9 Å². The zero-order chi connectivity index (χ0) is 17.8. The Labute approximate surface area is 152 Å². The summed E-state index contributed by atoms with van der Waals surface area (Å²) in [6, 6.07) is 8.29. The van der Waals surface area contributed by atoms with Crippen molar-refractivity contribution in [3.05, 3.63) is 54.1 Å². The predicted octanol–water partition coefficient (Wildman–Crippen LogP) is 3.24. The second-order valence-corrected chi connectivity index (χ2v) is 6.68. The molecule has 1 aromatic carbocycles. The topological polar surface area (TPSA) is 73.9 Å². The Balaban J connectivity index is 1.33. The van der Waals surface area contributed by atoms with Crippen molar-refractivity contribution >= 4 is 22.6 Å². The van der Waals surface area contributed by atoms with Gasteiger partial charge in [-0.25, -0.2) is 9.97 Å². The van der Waals surface area contributed by atoms with Crippen LogP contribution >= 0.6 is 0 Å². The molecule has 4 rings (SSSR count). The lowest BCUT2D eigenvalue weighted by Gasteiger charge is -2.26. The number of aromatic amines is 1. The number of para-hydroxylation sites is 1. The Bertz CT molecular complexity index is 881. The number of amides is 1. The first-order chi connectivity index (χ1) is 12.8. The van der Waals surface area contributed by atoms with Crippen molar-refractivity contribution in [3.8, 4) is 0 Å². The van der Waals surface area contributed by atoms with Crippen LogP contribution in [0.25, 0.3) is 10.9 Å². The summed E-state index contributed by atoms with van der Waals surface area (Å²) < 4.78 is 0. The van der Waals surface area contributed by atoms with E-state index in [1.807, 2.05) is 11.0 Å². The monoisotopic (exact) mass is 349 g/mol. The van der Waals surface area contributed by atoms with Gasteiger partial charge in [0.05, 0.1) is 12.4 Å². The molecule has 1 aliphatic heterocycles. The quantitative estimate of drug-likeness (QED) is 0.742. The van der Waals surface area contributed by atoms with Crippen LogP contribution in [0, 0.1) is 0 Å². The summed E-state index contributed by atoms with van der Waals surface area (Å²) in [6.45, 7) is 2.41. The van der Waals surface area contributed by atoms with Crippen LogP contribution in [0.4, 0.5) is 5.82 Å². The number of hydrogen-bond donors (Lipinski definition) is 2. The summed E-state index contributed by atoms with van der Waals surface area (Å²) in [4.78, 5) is 26.2. The highest BCUT2D eigenvalue weighted by molar-refractivity contribution is 5.92. The summed E-state index contributed by atoms with van der Waals surface area (Å²) >= 11 is 0. The van der Waals surface area contributed by atoms with E-state index in [1.54, 1.807) is 12.4 Å². The Morgan fingerprint density at radius 3 is 2.77 bits per heavy atom. The van der Waals surface area contributed by atoms with Crippen molar-refractivity contribution in [3.63, 3.8) is 0 Å². The van der Waals surface area contributed by atoms with Crippen LogP contribution < -0.4 is 5.32 Å². The second-order valence-electron chi connectivity index (χ2n) is 6.68. The normalized spacial score (nSPS) is 14.5. The van der Waals surface area contributed by atoms with Gasteiger partial charge < -0.3 is 15.2 Å². The molecule has 3 heterocycles. The highest BCUT2D eigenvalue weighted by Crippen LogP contribution is 2.18. The number of likely N-dealkylation sites (tertiary alicyclic amines) is 1. The lowest BCUT2D eigenvalue weighted by molar-refractivity contribution is 0.0718. The van der Waals surface area contributed by atoms with E-state index in [4.69, 9.17) is 0 Å². The van der Waals surface area contributed by atoms with Gasteiger partial charge in [-0.05, 0) is 37.3 Å². The first kappa shape index (κ1) is 16.6. The highest BCUT2D eigenvalue weighted by atomic mass is 16.2. The minimum Gasteiger partial charge on any atom is -0.368 e. The van der Waals surface area contributed by atoms with Crippen molar-refractivity contribution in [1.29, 1.82) is 0 Å². The standard InChI is InChI=1S/C20H23N5O/c26-20(25-10-4-1-5-11-25)18-13-24-19(14-23-18)21-9-8-15-12-22-17-7-3-2-6-16(15)17/h2-3,6-7,12-14,22H,1,4-5,8-11H2,(H,21,24). The maximum Gasteiger partial charge on any atom is 0.274 e. The lowest BCUT2D eigenvalue weighted by atomic mass is 10.1. The molecule has 3 aromatic rings. The molecule has 6 heteroatoms. The van der Waals surface area contributed by atoms with E-state index in [-0.39, 0.29) is 5.91 Å². The molecule has 0 unspecified atom stereocenters. The molecule has 26 heavy (non-hydrogen) atoms. The SMILES string of the molecule is O=C(c1cnc(NCCc2c[nH]c3ccccc23)cn1)N1CCCCC1. The predicted molar refractivity (Wildman–Crippen MR) is 102 cm³/mol. The number of carbonyl (C=O) groups is 1. The van der Waals surface area contributed by atoms with Crippen LogP contribution in [-0.2, 0) is 6.42 Å². The van der Waals surface area contributed by atoms with Gasteiger partial charge in [0.15, 0.2) is 0 Å².